The van der Waals surface area contributed by atoms with Gasteiger partial charge in [0.1, 0.15) is 11.4 Å². The van der Waals surface area contributed by atoms with Gasteiger partial charge >= 0.3 is 29.6 Å². The number of aryl methyl sites for hydroxylation is 1. The normalized spacial score (nSPS) is 11.4. The first-order valence-corrected chi connectivity index (χ1v) is 13.3. The third-order valence-corrected chi connectivity index (χ3v) is 6.96. The standard InChI is InChI=1S/C26H21Cl2N3O6S.Na/c1-3-37-18-11-16(27)10-17(12-18)29-26(33)20-9-15-6-4-5-7-19(15)24(25(20)32)31-30-22-8-14(2)23(13-21(22)28)38(34,35)36;/h4-13,32H,3H2,1-2H3,(H,29,33)(H,34,35,36);/q;+1/p-1. The molecule has 9 nitrogen and oxygen atoms in total. The third kappa shape index (κ3) is 7.09. The molecule has 0 aliphatic carbocycles. The molecule has 0 heterocycles. The van der Waals surface area contributed by atoms with Crippen LogP contribution >= 0.6 is 23.2 Å². The van der Waals surface area contributed by atoms with Gasteiger partial charge in [0.2, 0.25) is 0 Å². The number of amides is 1. The molecule has 0 saturated heterocycles. The number of hydrogen-bond donors (Lipinski definition) is 2. The maximum absolute atomic E-state index is 13.4. The fourth-order valence-electron chi connectivity index (χ4n) is 3.77. The third-order valence-electron chi connectivity index (χ3n) is 5.44. The molecule has 0 unspecified atom stereocenters. The number of halogens is 2. The van der Waals surface area contributed by atoms with Crippen LogP contribution < -0.4 is 44.7 Å². The molecule has 0 saturated carbocycles. The summed E-state index contributed by atoms with van der Waals surface area (Å²) in [4.78, 5) is 12.8. The van der Waals surface area contributed by atoms with Crippen LogP contribution in [-0.4, -0.2) is 25.5 Å². The summed E-state index contributed by atoms with van der Waals surface area (Å²) < 4.78 is 37.9. The molecule has 0 aromatic heterocycles. The van der Waals surface area contributed by atoms with Crippen molar-refractivity contribution in [2.24, 2.45) is 10.2 Å². The van der Waals surface area contributed by atoms with Crippen molar-refractivity contribution < 1.29 is 57.2 Å². The average molecular weight is 596 g/mol. The molecule has 13 heteroatoms. The molecule has 4 aromatic carbocycles. The minimum absolute atomic E-state index is 0. The molecule has 0 spiro atoms. The van der Waals surface area contributed by atoms with E-state index in [2.05, 4.69) is 15.5 Å². The quantitative estimate of drug-likeness (QED) is 0.189. The predicted octanol–water partition coefficient (Wildman–Crippen LogP) is 3.85. The van der Waals surface area contributed by atoms with Crippen LogP contribution in [0, 0.1) is 6.92 Å². The Labute approximate surface area is 256 Å². The van der Waals surface area contributed by atoms with Crippen molar-refractivity contribution in [3.63, 3.8) is 0 Å². The van der Waals surface area contributed by atoms with Crippen molar-refractivity contribution in [3.8, 4) is 11.5 Å². The zero-order valence-corrected chi connectivity index (χ0v) is 25.4. The van der Waals surface area contributed by atoms with Gasteiger partial charge < -0.3 is 15.2 Å². The van der Waals surface area contributed by atoms with Crippen LogP contribution in [-0.2, 0) is 10.1 Å². The molecule has 4 rings (SSSR count). The molecule has 2 N–H and O–H groups in total. The number of nitrogens with one attached hydrogen (secondary N) is 1. The molecular formula is C26H20Cl2N3NaO6S. The fraction of sp³-hybridized carbons (Fsp3) is 0.115. The Hall–Kier alpha value is -2.70. The van der Waals surface area contributed by atoms with Gasteiger partial charge in [0.15, 0.2) is 0 Å². The molecule has 0 atom stereocenters. The van der Waals surface area contributed by atoms with Gasteiger partial charge in [0.05, 0.1) is 22.2 Å². The minimum atomic E-state index is -4.49. The Bertz CT molecular complexity index is 1710. The Morgan fingerprint density at radius 1 is 1.08 bits per heavy atom. The summed E-state index contributed by atoms with van der Waals surface area (Å²) in [6, 6.07) is 15.3. The smallest absolute Gasteiger partial charge is 0.870 e. The van der Waals surface area contributed by atoms with E-state index >= 15 is 0 Å². The van der Waals surface area contributed by atoms with E-state index in [1.807, 2.05) is 6.92 Å². The van der Waals surface area contributed by atoms with Crippen molar-refractivity contribution >= 4 is 67.1 Å². The number of anilines is 1. The number of fused-ring (bicyclic) bond motifs is 1. The van der Waals surface area contributed by atoms with Gasteiger partial charge in [0, 0.05) is 27.7 Å². The van der Waals surface area contributed by atoms with Gasteiger partial charge in [-0.25, -0.2) is 0 Å². The molecular weight excluding hydrogens is 576 g/mol. The summed E-state index contributed by atoms with van der Waals surface area (Å²) in [7, 11) is -4.49. The summed E-state index contributed by atoms with van der Waals surface area (Å²) in [5, 5.41) is 25.5. The zero-order chi connectivity index (χ0) is 27.6. The number of hydrogen-bond acceptors (Lipinski definition) is 7. The number of azo groups is 1. The largest absolute Gasteiger partial charge is 1.00 e. The van der Waals surface area contributed by atoms with Crippen LogP contribution in [0.4, 0.5) is 17.1 Å². The maximum Gasteiger partial charge on any atom is 1.00 e. The Balaban J connectivity index is 0.00000420. The van der Waals surface area contributed by atoms with Gasteiger partial charge in [-0.1, -0.05) is 53.2 Å². The van der Waals surface area contributed by atoms with E-state index < -0.39 is 21.8 Å². The van der Waals surface area contributed by atoms with Crippen molar-refractivity contribution in [1.29, 1.82) is 0 Å². The number of rotatable bonds is 7. The summed E-state index contributed by atoms with van der Waals surface area (Å²) in [5.74, 6) is -0.912. The van der Waals surface area contributed by atoms with Crippen molar-refractivity contribution in [3.05, 3.63) is 81.8 Å². The molecule has 0 radical (unpaired) electrons. The van der Waals surface area contributed by atoms with E-state index in [9.17, 15) is 22.9 Å². The van der Waals surface area contributed by atoms with E-state index in [-0.39, 0.29) is 62.0 Å². The molecule has 1 amide bonds. The summed E-state index contributed by atoms with van der Waals surface area (Å²) in [6.45, 7) is 3.66. The molecule has 0 aliphatic heterocycles. The first-order chi connectivity index (χ1) is 18.0. The monoisotopic (exact) mass is 595 g/mol. The Morgan fingerprint density at radius 2 is 1.79 bits per heavy atom. The number of benzene rings is 4. The number of ether oxygens (including phenoxy) is 1. The maximum atomic E-state index is 13.4. The first kappa shape index (κ1) is 30.8. The fourth-order valence-corrected chi connectivity index (χ4v) is 4.99. The second-order valence-corrected chi connectivity index (χ2v) is 10.4. The predicted molar refractivity (Wildman–Crippen MR) is 144 cm³/mol. The van der Waals surface area contributed by atoms with Crippen LogP contribution in [0.2, 0.25) is 10.0 Å². The summed E-state index contributed by atoms with van der Waals surface area (Å²) in [5.41, 5.74) is 0.292. The number of carbonyl (C=O) groups excluding carboxylic acids is 1. The Kier molecular flexibility index (Phi) is 10.0. The molecule has 0 bridgehead atoms. The number of carbonyl (C=O) groups is 1. The van der Waals surface area contributed by atoms with Crippen LogP contribution in [0.25, 0.3) is 10.8 Å². The molecule has 4 aromatic rings. The SMILES string of the molecule is CCOc1cc(Cl)cc(NC(=O)c2cc3ccccc3c(N=Nc3cc(C)c(S(=O)(=O)O)cc3Cl)c2[O-])c1.[Na+]. The zero-order valence-electron chi connectivity index (χ0n) is 21.0. The van der Waals surface area contributed by atoms with Crippen molar-refractivity contribution in [2.45, 2.75) is 18.7 Å². The Morgan fingerprint density at radius 3 is 2.49 bits per heavy atom. The summed E-state index contributed by atoms with van der Waals surface area (Å²) in [6.07, 6.45) is 0. The second kappa shape index (κ2) is 12.6. The van der Waals surface area contributed by atoms with Crippen LogP contribution in [0.3, 0.4) is 0 Å². The average Bonchev–Trinajstić information content (AvgIpc) is 2.84. The van der Waals surface area contributed by atoms with Crippen LogP contribution in [0.5, 0.6) is 11.5 Å². The van der Waals surface area contributed by atoms with Gasteiger partial charge in [0.25, 0.3) is 16.0 Å². The molecule has 39 heavy (non-hydrogen) atoms. The van der Waals surface area contributed by atoms with Gasteiger partial charge in [-0.05, 0) is 55.1 Å². The first-order valence-electron chi connectivity index (χ1n) is 11.1. The van der Waals surface area contributed by atoms with Crippen molar-refractivity contribution in [1.82, 2.24) is 0 Å². The van der Waals surface area contributed by atoms with Crippen LogP contribution in [0.15, 0.2) is 75.8 Å². The van der Waals surface area contributed by atoms with Crippen LogP contribution in [0.1, 0.15) is 22.8 Å². The van der Waals surface area contributed by atoms with E-state index in [1.165, 1.54) is 25.1 Å². The van der Waals surface area contributed by atoms with Gasteiger partial charge in [-0.15, -0.1) is 5.11 Å². The van der Waals surface area contributed by atoms with Crippen molar-refractivity contribution in [2.75, 3.05) is 11.9 Å². The summed E-state index contributed by atoms with van der Waals surface area (Å²) >= 11 is 12.3. The van der Waals surface area contributed by atoms with E-state index in [4.69, 9.17) is 27.9 Å². The number of nitrogens with zero attached hydrogens (tertiary/aromatic N) is 2. The van der Waals surface area contributed by atoms with E-state index in [1.54, 1.807) is 36.4 Å². The minimum Gasteiger partial charge on any atom is -0.870 e. The molecule has 0 aliphatic rings. The van der Waals surface area contributed by atoms with E-state index in [0.29, 0.717) is 33.8 Å². The van der Waals surface area contributed by atoms with Gasteiger partial charge in [-0.3, -0.25) is 9.35 Å². The topological polar surface area (TPSA) is 140 Å². The van der Waals surface area contributed by atoms with Gasteiger partial charge in [-0.2, -0.15) is 13.5 Å². The molecule has 0 fully saturated rings. The second-order valence-electron chi connectivity index (χ2n) is 8.13. The van der Waals surface area contributed by atoms with E-state index in [0.717, 1.165) is 6.07 Å². The molecule has 196 valence electrons.